The number of hydrogen-bond donors (Lipinski definition) is 2. The quantitative estimate of drug-likeness (QED) is 0.843. The zero-order valence-electron chi connectivity index (χ0n) is 12.0. The third kappa shape index (κ3) is 3.33. The average Bonchev–Trinajstić information content (AvgIpc) is 2.95. The first kappa shape index (κ1) is 14.5. The highest BCUT2D eigenvalue weighted by Crippen LogP contribution is 2.21. The van der Waals surface area contributed by atoms with E-state index in [9.17, 15) is 5.11 Å². The Bertz CT molecular complexity index is 550. The van der Waals surface area contributed by atoms with Crippen LogP contribution in [-0.2, 0) is 0 Å². The van der Waals surface area contributed by atoms with E-state index in [1.54, 1.807) is 6.20 Å². The van der Waals surface area contributed by atoms with E-state index in [4.69, 9.17) is 4.52 Å². The number of nitrogens with one attached hydrogen (secondary N) is 1. The van der Waals surface area contributed by atoms with Gasteiger partial charge in [0.1, 0.15) is 5.82 Å². The van der Waals surface area contributed by atoms with Crippen LogP contribution >= 0.6 is 0 Å². The Morgan fingerprint density at radius 1 is 1.40 bits per heavy atom. The summed E-state index contributed by atoms with van der Waals surface area (Å²) in [6.07, 6.45) is 2.50. The Kier molecular flexibility index (Phi) is 4.68. The van der Waals surface area contributed by atoms with Gasteiger partial charge in [0.15, 0.2) is 5.82 Å². The van der Waals surface area contributed by atoms with E-state index < -0.39 is 0 Å². The monoisotopic (exact) mass is 276 g/mol. The first-order valence-electron chi connectivity index (χ1n) is 6.81. The standard InChI is InChI=1S/C14H20N4O2/c1-4-11(8-19)16-12-7-10(5-6-15-12)14-17-13(9(2)3)18-20-14/h5-7,9,11,19H,4,8H2,1-3H3,(H,15,16)/t11-/m1/s1. The molecule has 0 unspecified atom stereocenters. The molecule has 20 heavy (non-hydrogen) atoms. The lowest BCUT2D eigenvalue weighted by atomic mass is 10.2. The molecule has 6 nitrogen and oxygen atoms in total. The molecule has 0 aliphatic carbocycles. The molecular weight excluding hydrogens is 256 g/mol. The van der Waals surface area contributed by atoms with Crippen molar-refractivity contribution in [2.75, 3.05) is 11.9 Å². The van der Waals surface area contributed by atoms with Gasteiger partial charge in [-0.3, -0.25) is 0 Å². The van der Waals surface area contributed by atoms with Gasteiger partial charge in [-0.2, -0.15) is 4.98 Å². The van der Waals surface area contributed by atoms with Crippen LogP contribution in [0.3, 0.4) is 0 Å². The van der Waals surface area contributed by atoms with Crippen LogP contribution in [0.15, 0.2) is 22.9 Å². The third-order valence-electron chi connectivity index (χ3n) is 3.03. The molecule has 2 heterocycles. The van der Waals surface area contributed by atoms with Gasteiger partial charge in [-0.15, -0.1) is 0 Å². The number of aliphatic hydroxyl groups excluding tert-OH is 1. The van der Waals surface area contributed by atoms with Crippen LogP contribution in [0, 0.1) is 0 Å². The van der Waals surface area contributed by atoms with E-state index >= 15 is 0 Å². The zero-order chi connectivity index (χ0) is 14.5. The van der Waals surface area contributed by atoms with Crippen molar-refractivity contribution in [1.82, 2.24) is 15.1 Å². The van der Waals surface area contributed by atoms with Crippen molar-refractivity contribution in [2.45, 2.75) is 39.2 Å². The van der Waals surface area contributed by atoms with Gasteiger partial charge in [-0.25, -0.2) is 4.98 Å². The minimum atomic E-state index is -0.00772. The van der Waals surface area contributed by atoms with Gasteiger partial charge < -0.3 is 14.9 Å². The molecule has 0 saturated heterocycles. The molecule has 2 N–H and O–H groups in total. The Balaban J connectivity index is 2.20. The largest absolute Gasteiger partial charge is 0.394 e. The van der Waals surface area contributed by atoms with Crippen molar-refractivity contribution < 1.29 is 9.63 Å². The molecular formula is C14H20N4O2. The molecule has 2 aromatic rings. The van der Waals surface area contributed by atoms with Gasteiger partial charge >= 0.3 is 0 Å². The van der Waals surface area contributed by atoms with Crippen molar-refractivity contribution >= 4 is 5.82 Å². The van der Waals surface area contributed by atoms with E-state index in [0.717, 1.165) is 12.0 Å². The lowest BCUT2D eigenvalue weighted by Gasteiger charge is -2.14. The third-order valence-corrected chi connectivity index (χ3v) is 3.03. The number of anilines is 1. The maximum Gasteiger partial charge on any atom is 0.258 e. The lowest BCUT2D eigenvalue weighted by molar-refractivity contribution is 0.271. The normalized spacial score (nSPS) is 12.7. The molecule has 0 saturated carbocycles. The molecule has 2 rings (SSSR count). The second kappa shape index (κ2) is 6.47. The Hall–Kier alpha value is -1.95. The Morgan fingerprint density at radius 2 is 2.20 bits per heavy atom. The fourth-order valence-electron chi connectivity index (χ4n) is 1.72. The Labute approximate surface area is 118 Å². The summed E-state index contributed by atoms with van der Waals surface area (Å²) in [4.78, 5) is 8.59. The number of hydrogen-bond acceptors (Lipinski definition) is 6. The van der Waals surface area contributed by atoms with E-state index in [0.29, 0.717) is 17.5 Å². The van der Waals surface area contributed by atoms with Gasteiger partial charge in [0.25, 0.3) is 5.89 Å². The number of aromatic nitrogens is 3. The van der Waals surface area contributed by atoms with E-state index in [-0.39, 0.29) is 18.6 Å². The number of rotatable bonds is 6. The summed E-state index contributed by atoms with van der Waals surface area (Å²) in [5.41, 5.74) is 0.815. The van der Waals surface area contributed by atoms with Gasteiger partial charge in [0, 0.05) is 17.7 Å². The summed E-state index contributed by atoms with van der Waals surface area (Å²) in [7, 11) is 0. The second-order valence-electron chi connectivity index (χ2n) is 4.97. The van der Waals surface area contributed by atoms with Crippen molar-refractivity contribution in [3.05, 3.63) is 24.2 Å². The smallest absolute Gasteiger partial charge is 0.258 e. The summed E-state index contributed by atoms with van der Waals surface area (Å²) in [5, 5.41) is 16.3. The molecule has 0 spiro atoms. The van der Waals surface area contributed by atoms with Gasteiger partial charge in [0.2, 0.25) is 0 Å². The first-order valence-corrected chi connectivity index (χ1v) is 6.81. The molecule has 108 valence electrons. The summed E-state index contributed by atoms with van der Waals surface area (Å²) in [6.45, 7) is 6.10. The van der Waals surface area contributed by atoms with Crippen LogP contribution in [0.2, 0.25) is 0 Å². The highest BCUT2D eigenvalue weighted by molar-refractivity contribution is 5.58. The summed E-state index contributed by atoms with van der Waals surface area (Å²) >= 11 is 0. The van der Waals surface area contributed by atoms with Crippen LogP contribution in [0.4, 0.5) is 5.82 Å². The molecule has 0 aromatic carbocycles. The highest BCUT2D eigenvalue weighted by Gasteiger charge is 2.13. The van der Waals surface area contributed by atoms with Crippen molar-refractivity contribution in [2.24, 2.45) is 0 Å². The summed E-state index contributed by atoms with van der Waals surface area (Å²) < 4.78 is 5.26. The maximum atomic E-state index is 9.21. The zero-order valence-corrected chi connectivity index (χ0v) is 12.0. The van der Waals surface area contributed by atoms with Crippen LogP contribution < -0.4 is 5.32 Å². The molecule has 0 bridgehead atoms. The van der Waals surface area contributed by atoms with Gasteiger partial charge in [-0.1, -0.05) is 25.9 Å². The van der Waals surface area contributed by atoms with Crippen LogP contribution in [0.5, 0.6) is 0 Å². The predicted octanol–water partition coefficient (Wildman–Crippen LogP) is 2.44. The molecule has 0 amide bonds. The molecule has 0 aliphatic rings. The molecule has 1 atom stereocenters. The minimum absolute atomic E-state index is 0.00772. The van der Waals surface area contributed by atoms with Crippen LogP contribution in [0.1, 0.15) is 38.9 Å². The number of aliphatic hydroxyl groups is 1. The van der Waals surface area contributed by atoms with Crippen molar-refractivity contribution in [1.29, 1.82) is 0 Å². The summed E-state index contributed by atoms with van der Waals surface area (Å²) in [6, 6.07) is 3.66. The average molecular weight is 276 g/mol. The van der Waals surface area contributed by atoms with Crippen LogP contribution in [-0.4, -0.2) is 32.9 Å². The van der Waals surface area contributed by atoms with E-state index in [1.165, 1.54) is 0 Å². The SMILES string of the molecule is CC[C@H](CO)Nc1cc(-c2nc(C(C)C)no2)ccn1. The highest BCUT2D eigenvalue weighted by atomic mass is 16.5. The Morgan fingerprint density at radius 3 is 2.80 bits per heavy atom. The lowest BCUT2D eigenvalue weighted by Crippen LogP contribution is -2.23. The fourth-order valence-corrected chi connectivity index (χ4v) is 1.72. The molecule has 6 heteroatoms. The number of nitrogens with zero attached hydrogens (tertiary/aromatic N) is 3. The van der Waals surface area contributed by atoms with Gasteiger partial charge in [-0.05, 0) is 18.6 Å². The van der Waals surface area contributed by atoms with Crippen molar-refractivity contribution in [3.63, 3.8) is 0 Å². The first-order chi connectivity index (χ1) is 9.63. The minimum Gasteiger partial charge on any atom is -0.394 e. The maximum absolute atomic E-state index is 9.21. The van der Waals surface area contributed by atoms with E-state index in [2.05, 4.69) is 20.4 Å². The second-order valence-corrected chi connectivity index (χ2v) is 4.97. The number of pyridine rings is 1. The molecule has 0 fully saturated rings. The fraction of sp³-hybridized carbons (Fsp3) is 0.500. The van der Waals surface area contributed by atoms with E-state index in [1.807, 2.05) is 32.9 Å². The summed E-state index contributed by atoms with van der Waals surface area (Å²) in [5.74, 6) is 2.09. The van der Waals surface area contributed by atoms with Crippen molar-refractivity contribution in [3.8, 4) is 11.5 Å². The van der Waals surface area contributed by atoms with Crippen LogP contribution in [0.25, 0.3) is 11.5 Å². The molecule has 0 radical (unpaired) electrons. The topological polar surface area (TPSA) is 84.1 Å². The predicted molar refractivity (Wildman–Crippen MR) is 76.4 cm³/mol. The molecule has 2 aromatic heterocycles. The van der Waals surface area contributed by atoms with Gasteiger partial charge in [0.05, 0.1) is 12.6 Å². The molecule has 0 aliphatic heterocycles.